The molecule has 5 nitrogen and oxygen atoms in total. The molecule has 21 heavy (non-hydrogen) atoms. The number of hydrogen-bond acceptors (Lipinski definition) is 3. The molecular formula is C16H20N2O3. The van der Waals surface area contributed by atoms with Crippen molar-refractivity contribution in [1.29, 1.82) is 0 Å². The van der Waals surface area contributed by atoms with E-state index in [0.29, 0.717) is 22.9 Å². The quantitative estimate of drug-likeness (QED) is 0.893. The van der Waals surface area contributed by atoms with E-state index < -0.39 is 5.97 Å². The first kappa shape index (κ1) is 13.9. The predicted octanol–water partition coefficient (Wildman–Crippen LogP) is 2.58. The van der Waals surface area contributed by atoms with Crippen LogP contribution in [0.3, 0.4) is 0 Å². The second kappa shape index (κ2) is 5.39. The fourth-order valence-electron chi connectivity index (χ4n) is 2.80. The van der Waals surface area contributed by atoms with E-state index in [-0.39, 0.29) is 11.8 Å². The van der Waals surface area contributed by atoms with E-state index in [1.54, 1.807) is 18.2 Å². The molecule has 1 aromatic rings. The lowest BCUT2D eigenvalue weighted by molar-refractivity contribution is -0.117. The Morgan fingerprint density at radius 2 is 2.05 bits per heavy atom. The maximum atomic E-state index is 11.8. The van der Waals surface area contributed by atoms with E-state index in [1.807, 2.05) is 0 Å². The summed E-state index contributed by atoms with van der Waals surface area (Å²) >= 11 is 0. The van der Waals surface area contributed by atoms with Crippen LogP contribution in [0.1, 0.15) is 36.5 Å². The summed E-state index contributed by atoms with van der Waals surface area (Å²) < 4.78 is 0. The average Bonchev–Trinajstić information content (AvgIpc) is 3.21. The number of carbonyl (C=O) groups excluding carboxylic acids is 1. The third-order valence-corrected chi connectivity index (χ3v) is 4.21. The normalized spacial score (nSPS) is 21.4. The van der Waals surface area contributed by atoms with Crippen molar-refractivity contribution < 1.29 is 14.7 Å². The van der Waals surface area contributed by atoms with Gasteiger partial charge in [0.2, 0.25) is 5.91 Å². The van der Waals surface area contributed by atoms with Gasteiger partial charge >= 0.3 is 5.97 Å². The minimum atomic E-state index is -0.926. The van der Waals surface area contributed by atoms with Crippen molar-refractivity contribution in [1.82, 2.24) is 0 Å². The molecule has 1 aliphatic heterocycles. The van der Waals surface area contributed by atoms with Crippen LogP contribution < -0.4 is 10.2 Å². The van der Waals surface area contributed by atoms with Crippen LogP contribution >= 0.6 is 0 Å². The third-order valence-electron chi connectivity index (χ3n) is 4.21. The van der Waals surface area contributed by atoms with Gasteiger partial charge in [0.25, 0.3) is 0 Å². The summed E-state index contributed by atoms with van der Waals surface area (Å²) in [4.78, 5) is 25.3. The molecule has 1 aliphatic carbocycles. The van der Waals surface area contributed by atoms with Gasteiger partial charge in [-0.1, -0.05) is 6.92 Å². The van der Waals surface area contributed by atoms with Crippen LogP contribution in [-0.4, -0.2) is 30.1 Å². The first-order valence-corrected chi connectivity index (χ1v) is 7.47. The average molecular weight is 288 g/mol. The number of carboxylic acid groups (broad SMARTS) is 1. The van der Waals surface area contributed by atoms with Crippen LogP contribution in [0.2, 0.25) is 0 Å². The molecule has 2 fully saturated rings. The smallest absolute Gasteiger partial charge is 0.337 e. The van der Waals surface area contributed by atoms with E-state index in [0.717, 1.165) is 32.4 Å². The Hall–Kier alpha value is -2.04. The summed E-state index contributed by atoms with van der Waals surface area (Å²) in [6.45, 7) is 3.89. The lowest BCUT2D eigenvalue weighted by atomic mass is 10.1. The molecule has 112 valence electrons. The SMILES string of the molecule is CC1CCN(c2cc(NC(=O)C3CC3)ccc2C(=O)O)C1. The predicted molar refractivity (Wildman–Crippen MR) is 80.7 cm³/mol. The second-order valence-electron chi connectivity index (χ2n) is 6.14. The Morgan fingerprint density at radius 1 is 1.29 bits per heavy atom. The number of amides is 1. The van der Waals surface area contributed by atoms with E-state index >= 15 is 0 Å². The van der Waals surface area contributed by atoms with Gasteiger partial charge in [-0.15, -0.1) is 0 Å². The highest BCUT2D eigenvalue weighted by Crippen LogP contribution is 2.32. The van der Waals surface area contributed by atoms with Gasteiger partial charge in [0, 0.05) is 24.7 Å². The Balaban J connectivity index is 1.86. The van der Waals surface area contributed by atoms with Gasteiger partial charge in [0.15, 0.2) is 0 Å². The molecule has 1 aromatic carbocycles. The number of carboxylic acids is 1. The van der Waals surface area contributed by atoms with Gasteiger partial charge in [-0.3, -0.25) is 4.79 Å². The molecule has 0 aromatic heterocycles. The van der Waals surface area contributed by atoms with Crippen molar-refractivity contribution in [2.75, 3.05) is 23.3 Å². The number of aromatic carboxylic acids is 1. The summed E-state index contributed by atoms with van der Waals surface area (Å²) in [7, 11) is 0. The zero-order valence-corrected chi connectivity index (χ0v) is 12.1. The minimum Gasteiger partial charge on any atom is -0.478 e. The number of anilines is 2. The van der Waals surface area contributed by atoms with Gasteiger partial charge in [-0.05, 0) is 43.4 Å². The van der Waals surface area contributed by atoms with Crippen molar-refractivity contribution in [3.63, 3.8) is 0 Å². The lowest BCUT2D eigenvalue weighted by Gasteiger charge is -2.21. The molecule has 1 saturated heterocycles. The van der Waals surface area contributed by atoms with Crippen LogP contribution in [0.15, 0.2) is 18.2 Å². The zero-order chi connectivity index (χ0) is 15.0. The Kier molecular flexibility index (Phi) is 3.57. The molecule has 0 spiro atoms. The second-order valence-corrected chi connectivity index (χ2v) is 6.14. The summed E-state index contributed by atoms with van der Waals surface area (Å²) in [5.41, 5.74) is 1.69. The molecule has 0 bridgehead atoms. The van der Waals surface area contributed by atoms with E-state index in [1.165, 1.54) is 0 Å². The van der Waals surface area contributed by atoms with Gasteiger partial charge in [0.1, 0.15) is 0 Å². The minimum absolute atomic E-state index is 0.0406. The number of hydrogen-bond donors (Lipinski definition) is 2. The molecular weight excluding hydrogens is 268 g/mol. The molecule has 5 heteroatoms. The van der Waals surface area contributed by atoms with Crippen LogP contribution in [0, 0.1) is 11.8 Å². The molecule has 1 unspecified atom stereocenters. The number of nitrogens with one attached hydrogen (secondary N) is 1. The highest BCUT2D eigenvalue weighted by molar-refractivity contribution is 5.98. The maximum absolute atomic E-state index is 11.8. The standard InChI is InChI=1S/C16H20N2O3/c1-10-6-7-18(9-10)14-8-12(4-5-13(14)16(20)21)17-15(19)11-2-3-11/h4-5,8,10-11H,2-3,6-7,9H2,1H3,(H,17,19)(H,20,21). The summed E-state index contributed by atoms with van der Waals surface area (Å²) in [5, 5.41) is 12.2. The Morgan fingerprint density at radius 3 is 2.62 bits per heavy atom. The van der Waals surface area contributed by atoms with Crippen molar-refractivity contribution in [2.24, 2.45) is 11.8 Å². The molecule has 1 atom stereocenters. The molecule has 3 rings (SSSR count). The number of rotatable bonds is 4. The largest absolute Gasteiger partial charge is 0.478 e. The summed E-state index contributed by atoms with van der Waals surface area (Å²) in [5.74, 6) is -0.181. The van der Waals surface area contributed by atoms with Crippen LogP contribution in [0.4, 0.5) is 11.4 Å². The molecule has 2 aliphatic rings. The Bertz CT molecular complexity index is 581. The molecule has 2 N–H and O–H groups in total. The van der Waals surface area contributed by atoms with Gasteiger partial charge in [-0.2, -0.15) is 0 Å². The fraction of sp³-hybridized carbons (Fsp3) is 0.500. The first-order chi connectivity index (χ1) is 10.0. The van der Waals surface area contributed by atoms with Gasteiger partial charge in [-0.25, -0.2) is 4.79 Å². The van der Waals surface area contributed by atoms with E-state index in [9.17, 15) is 14.7 Å². The number of nitrogens with zero attached hydrogens (tertiary/aromatic N) is 1. The van der Waals surface area contributed by atoms with E-state index in [2.05, 4.69) is 17.1 Å². The summed E-state index contributed by atoms with van der Waals surface area (Å²) in [6.07, 6.45) is 2.97. The number of benzene rings is 1. The van der Waals surface area contributed by atoms with Crippen molar-refractivity contribution in [2.45, 2.75) is 26.2 Å². The zero-order valence-electron chi connectivity index (χ0n) is 12.1. The molecule has 1 saturated carbocycles. The Labute approximate surface area is 123 Å². The molecule has 1 heterocycles. The maximum Gasteiger partial charge on any atom is 0.337 e. The molecule has 0 radical (unpaired) electrons. The van der Waals surface area contributed by atoms with Crippen molar-refractivity contribution >= 4 is 23.3 Å². The third kappa shape index (κ3) is 3.01. The fourth-order valence-corrected chi connectivity index (χ4v) is 2.80. The first-order valence-electron chi connectivity index (χ1n) is 7.47. The van der Waals surface area contributed by atoms with E-state index in [4.69, 9.17) is 0 Å². The van der Waals surface area contributed by atoms with Crippen molar-refractivity contribution in [3.8, 4) is 0 Å². The van der Waals surface area contributed by atoms with Crippen LogP contribution in [0.5, 0.6) is 0 Å². The van der Waals surface area contributed by atoms with Gasteiger partial charge in [0.05, 0.1) is 11.3 Å². The highest BCUT2D eigenvalue weighted by atomic mass is 16.4. The van der Waals surface area contributed by atoms with Gasteiger partial charge < -0.3 is 15.3 Å². The number of carbonyl (C=O) groups is 2. The lowest BCUT2D eigenvalue weighted by Crippen LogP contribution is -2.22. The van der Waals surface area contributed by atoms with Crippen LogP contribution in [-0.2, 0) is 4.79 Å². The highest BCUT2D eigenvalue weighted by Gasteiger charge is 2.30. The monoisotopic (exact) mass is 288 g/mol. The molecule has 1 amide bonds. The van der Waals surface area contributed by atoms with Crippen molar-refractivity contribution in [3.05, 3.63) is 23.8 Å². The summed E-state index contributed by atoms with van der Waals surface area (Å²) in [6, 6.07) is 5.05. The topological polar surface area (TPSA) is 69.6 Å². The van der Waals surface area contributed by atoms with Crippen LogP contribution in [0.25, 0.3) is 0 Å².